The molecule has 3 rings (SSSR count). The zero-order valence-electron chi connectivity index (χ0n) is 12.3. The van der Waals surface area contributed by atoms with Gasteiger partial charge in [-0.15, -0.1) is 0 Å². The van der Waals surface area contributed by atoms with E-state index < -0.39 is 5.60 Å². The van der Waals surface area contributed by atoms with Gasteiger partial charge in [0.2, 0.25) is 0 Å². The van der Waals surface area contributed by atoms with Crippen LogP contribution in [0.2, 0.25) is 0 Å². The first-order chi connectivity index (χ1) is 10.2. The Morgan fingerprint density at radius 2 is 1.90 bits per heavy atom. The molecule has 0 N–H and O–H groups in total. The van der Waals surface area contributed by atoms with E-state index in [4.69, 9.17) is 9.47 Å². The fourth-order valence-electron chi connectivity index (χ4n) is 2.96. The van der Waals surface area contributed by atoms with Crippen molar-refractivity contribution in [3.05, 3.63) is 70.8 Å². The summed E-state index contributed by atoms with van der Waals surface area (Å²) in [6.07, 6.45) is 0.506. The second-order valence-electron chi connectivity index (χ2n) is 5.36. The van der Waals surface area contributed by atoms with Gasteiger partial charge in [-0.2, -0.15) is 0 Å². The molecule has 108 valence electrons. The molecule has 21 heavy (non-hydrogen) atoms. The highest BCUT2D eigenvalue weighted by atomic mass is 16.6. The van der Waals surface area contributed by atoms with Crippen molar-refractivity contribution >= 4 is 5.97 Å². The van der Waals surface area contributed by atoms with Crippen molar-refractivity contribution in [2.24, 2.45) is 0 Å². The highest BCUT2D eigenvalue weighted by molar-refractivity contribution is 5.82. The summed E-state index contributed by atoms with van der Waals surface area (Å²) in [5, 5.41) is 0. The summed E-state index contributed by atoms with van der Waals surface area (Å²) >= 11 is 0. The number of ether oxygens (including phenoxy) is 2. The van der Waals surface area contributed by atoms with Crippen LogP contribution in [0, 0.1) is 6.92 Å². The smallest absolute Gasteiger partial charge is 0.343 e. The molecule has 0 saturated carbocycles. The van der Waals surface area contributed by atoms with Gasteiger partial charge < -0.3 is 9.47 Å². The molecule has 0 radical (unpaired) electrons. The summed E-state index contributed by atoms with van der Waals surface area (Å²) in [5.41, 5.74) is 3.30. The van der Waals surface area contributed by atoms with Crippen LogP contribution in [-0.4, -0.2) is 13.1 Å². The molecule has 0 bridgehead atoms. The summed E-state index contributed by atoms with van der Waals surface area (Å²) in [7, 11) is 1.41. The minimum atomic E-state index is -1.05. The predicted octanol–water partition coefficient (Wildman–Crippen LogP) is 3.14. The lowest BCUT2D eigenvalue weighted by Crippen LogP contribution is -2.44. The molecular weight excluding hydrogens is 264 g/mol. The second-order valence-corrected chi connectivity index (χ2v) is 5.36. The summed E-state index contributed by atoms with van der Waals surface area (Å²) in [5.74, 6) is -0.345. The van der Waals surface area contributed by atoms with Crippen molar-refractivity contribution in [1.29, 1.82) is 0 Å². The topological polar surface area (TPSA) is 35.5 Å². The van der Waals surface area contributed by atoms with E-state index in [1.54, 1.807) is 0 Å². The van der Waals surface area contributed by atoms with E-state index in [1.165, 1.54) is 18.2 Å². The van der Waals surface area contributed by atoms with Gasteiger partial charge in [-0.05, 0) is 29.2 Å². The zero-order chi connectivity index (χ0) is 14.9. The molecule has 1 aliphatic rings. The van der Waals surface area contributed by atoms with Gasteiger partial charge >= 0.3 is 5.97 Å². The fourth-order valence-corrected chi connectivity index (χ4v) is 2.96. The predicted molar refractivity (Wildman–Crippen MR) is 79.8 cm³/mol. The lowest BCUT2D eigenvalue weighted by molar-refractivity contribution is -0.176. The first-order valence-corrected chi connectivity index (χ1v) is 7.02. The minimum Gasteiger partial charge on any atom is -0.467 e. The number of rotatable bonds is 2. The Hall–Kier alpha value is -2.13. The molecule has 3 heteroatoms. The van der Waals surface area contributed by atoms with Crippen molar-refractivity contribution in [2.75, 3.05) is 7.11 Å². The third-order valence-corrected chi connectivity index (χ3v) is 4.16. The van der Waals surface area contributed by atoms with Crippen LogP contribution in [-0.2, 0) is 32.9 Å². The number of hydrogen-bond acceptors (Lipinski definition) is 3. The first-order valence-electron chi connectivity index (χ1n) is 7.02. The summed E-state index contributed by atoms with van der Waals surface area (Å²) in [6.45, 7) is 2.48. The van der Waals surface area contributed by atoms with Gasteiger partial charge in [-0.25, -0.2) is 4.79 Å². The van der Waals surface area contributed by atoms with Gasteiger partial charge in [0.25, 0.3) is 0 Å². The largest absolute Gasteiger partial charge is 0.467 e. The van der Waals surface area contributed by atoms with Gasteiger partial charge in [-0.1, -0.05) is 48.5 Å². The van der Waals surface area contributed by atoms with Crippen molar-refractivity contribution in [2.45, 2.75) is 25.6 Å². The van der Waals surface area contributed by atoms with E-state index in [0.717, 1.165) is 11.1 Å². The molecule has 0 saturated heterocycles. The Balaban J connectivity index is 2.12. The summed E-state index contributed by atoms with van der Waals surface area (Å²) < 4.78 is 11.0. The van der Waals surface area contributed by atoms with Crippen molar-refractivity contribution in [3.8, 4) is 0 Å². The molecule has 0 aromatic heterocycles. The maximum Gasteiger partial charge on any atom is 0.343 e. The van der Waals surface area contributed by atoms with Crippen LogP contribution in [0.25, 0.3) is 0 Å². The van der Waals surface area contributed by atoms with E-state index in [1.807, 2.05) is 36.4 Å². The Morgan fingerprint density at radius 3 is 2.62 bits per heavy atom. The number of benzene rings is 2. The van der Waals surface area contributed by atoms with E-state index in [-0.39, 0.29) is 5.97 Å². The number of methoxy groups -OCH3 is 1. The average Bonchev–Trinajstić information content (AvgIpc) is 2.55. The number of esters is 1. The van der Waals surface area contributed by atoms with Crippen molar-refractivity contribution < 1.29 is 14.3 Å². The number of carbonyl (C=O) groups is 1. The molecule has 1 unspecified atom stereocenters. The monoisotopic (exact) mass is 282 g/mol. The van der Waals surface area contributed by atoms with Gasteiger partial charge in [0.1, 0.15) is 0 Å². The molecule has 1 aliphatic heterocycles. The maximum absolute atomic E-state index is 12.5. The second kappa shape index (κ2) is 5.34. The van der Waals surface area contributed by atoms with Crippen LogP contribution in [0.3, 0.4) is 0 Å². The first kappa shape index (κ1) is 13.8. The molecule has 0 fully saturated rings. The number of hydrogen-bond donors (Lipinski definition) is 0. The van der Waals surface area contributed by atoms with Gasteiger partial charge in [0, 0.05) is 6.42 Å². The zero-order valence-corrected chi connectivity index (χ0v) is 12.3. The SMILES string of the molecule is COC(=O)C1(c2ccccc2)Cc2c(C)cccc2CO1. The summed E-state index contributed by atoms with van der Waals surface area (Å²) in [4.78, 5) is 12.5. The van der Waals surface area contributed by atoms with Crippen LogP contribution in [0.4, 0.5) is 0 Å². The number of fused-ring (bicyclic) bond motifs is 1. The Kier molecular flexibility index (Phi) is 3.52. The normalized spacial score (nSPS) is 20.7. The van der Waals surface area contributed by atoms with Gasteiger partial charge in [0.05, 0.1) is 13.7 Å². The lowest BCUT2D eigenvalue weighted by Gasteiger charge is -2.36. The van der Waals surface area contributed by atoms with E-state index in [0.29, 0.717) is 13.0 Å². The lowest BCUT2D eigenvalue weighted by atomic mass is 9.82. The molecular formula is C18H18O3. The summed E-state index contributed by atoms with van der Waals surface area (Å²) in [6, 6.07) is 15.7. The Morgan fingerprint density at radius 1 is 1.14 bits per heavy atom. The average molecular weight is 282 g/mol. The molecule has 1 atom stereocenters. The van der Waals surface area contributed by atoms with Crippen LogP contribution < -0.4 is 0 Å². The maximum atomic E-state index is 12.5. The third-order valence-electron chi connectivity index (χ3n) is 4.16. The van der Waals surface area contributed by atoms with Gasteiger partial charge in [0.15, 0.2) is 5.60 Å². The van der Waals surface area contributed by atoms with E-state index in [9.17, 15) is 4.79 Å². The number of carbonyl (C=O) groups excluding carboxylic acids is 1. The van der Waals surface area contributed by atoms with Crippen LogP contribution >= 0.6 is 0 Å². The van der Waals surface area contributed by atoms with E-state index in [2.05, 4.69) is 19.1 Å². The highest BCUT2D eigenvalue weighted by Gasteiger charge is 2.45. The van der Waals surface area contributed by atoms with Crippen LogP contribution in [0.5, 0.6) is 0 Å². The van der Waals surface area contributed by atoms with Crippen LogP contribution in [0.15, 0.2) is 48.5 Å². The van der Waals surface area contributed by atoms with E-state index >= 15 is 0 Å². The molecule has 1 heterocycles. The Labute approximate surface area is 124 Å². The fraction of sp³-hybridized carbons (Fsp3) is 0.278. The van der Waals surface area contributed by atoms with Crippen molar-refractivity contribution in [1.82, 2.24) is 0 Å². The molecule has 2 aromatic rings. The Bertz CT molecular complexity index is 663. The third kappa shape index (κ3) is 2.24. The quantitative estimate of drug-likeness (QED) is 0.794. The van der Waals surface area contributed by atoms with Crippen LogP contribution in [0.1, 0.15) is 22.3 Å². The molecule has 0 spiro atoms. The molecule has 0 aliphatic carbocycles. The standard InChI is InChI=1S/C18H18O3/c1-13-7-6-8-14-12-21-18(11-16(13)14,17(19)20-2)15-9-4-3-5-10-15/h3-10H,11-12H2,1-2H3. The number of aryl methyl sites for hydroxylation is 1. The molecule has 0 amide bonds. The van der Waals surface area contributed by atoms with Crippen molar-refractivity contribution in [3.63, 3.8) is 0 Å². The minimum absolute atomic E-state index is 0.345. The molecule has 2 aromatic carbocycles. The van der Waals surface area contributed by atoms with Gasteiger partial charge in [-0.3, -0.25) is 0 Å². The highest BCUT2D eigenvalue weighted by Crippen LogP contribution is 2.38. The molecule has 3 nitrogen and oxygen atoms in total.